The summed E-state index contributed by atoms with van der Waals surface area (Å²) >= 11 is 0. The summed E-state index contributed by atoms with van der Waals surface area (Å²) in [6.07, 6.45) is 9.26. The molecular formula is C12H19N3O. The zero-order valence-corrected chi connectivity index (χ0v) is 9.78. The number of carbonyl (C=O) groups is 1. The van der Waals surface area contributed by atoms with Gasteiger partial charge in [0, 0.05) is 25.7 Å². The summed E-state index contributed by atoms with van der Waals surface area (Å²) in [5.74, 6) is 0.510. The maximum absolute atomic E-state index is 11.7. The van der Waals surface area contributed by atoms with E-state index in [0.717, 1.165) is 25.8 Å². The lowest BCUT2D eigenvalue weighted by Gasteiger charge is -2.09. The number of hydrogen-bond acceptors (Lipinski definition) is 2. The van der Waals surface area contributed by atoms with Crippen molar-refractivity contribution in [3.63, 3.8) is 0 Å². The van der Waals surface area contributed by atoms with Crippen molar-refractivity contribution >= 4 is 5.91 Å². The van der Waals surface area contributed by atoms with Gasteiger partial charge < -0.3 is 5.32 Å². The van der Waals surface area contributed by atoms with Crippen LogP contribution in [-0.4, -0.2) is 22.2 Å². The molecule has 16 heavy (non-hydrogen) atoms. The van der Waals surface area contributed by atoms with Crippen molar-refractivity contribution in [3.8, 4) is 0 Å². The van der Waals surface area contributed by atoms with E-state index in [0.29, 0.717) is 0 Å². The molecule has 1 aromatic heterocycles. The smallest absolute Gasteiger partial charge is 0.223 e. The van der Waals surface area contributed by atoms with E-state index in [9.17, 15) is 4.79 Å². The zero-order chi connectivity index (χ0) is 11.4. The van der Waals surface area contributed by atoms with E-state index < -0.39 is 0 Å². The van der Waals surface area contributed by atoms with Gasteiger partial charge in [-0.2, -0.15) is 5.10 Å². The first-order valence-electron chi connectivity index (χ1n) is 6.01. The van der Waals surface area contributed by atoms with Gasteiger partial charge in [0.25, 0.3) is 0 Å². The first-order valence-corrected chi connectivity index (χ1v) is 6.01. The SMILES string of the molecule is Cn1cc(CCNC(=O)C2CCCC2)cn1. The molecule has 0 unspecified atom stereocenters. The molecule has 0 radical (unpaired) electrons. The van der Waals surface area contributed by atoms with Crippen molar-refractivity contribution in [1.82, 2.24) is 15.1 Å². The Labute approximate surface area is 96.0 Å². The second-order valence-corrected chi connectivity index (χ2v) is 4.54. The Morgan fingerprint density at radius 3 is 2.94 bits per heavy atom. The van der Waals surface area contributed by atoms with E-state index >= 15 is 0 Å². The highest BCUT2D eigenvalue weighted by molar-refractivity contribution is 5.78. The van der Waals surface area contributed by atoms with Gasteiger partial charge in [0.15, 0.2) is 0 Å². The van der Waals surface area contributed by atoms with Crippen molar-refractivity contribution in [3.05, 3.63) is 18.0 Å². The number of nitrogens with one attached hydrogen (secondary N) is 1. The zero-order valence-electron chi connectivity index (χ0n) is 9.78. The molecule has 0 aliphatic heterocycles. The van der Waals surface area contributed by atoms with Crippen LogP contribution in [0.4, 0.5) is 0 Å². The number of nitrogens with zero attached hydrogens (tertiary/aromatic N) is 2. The van der Waals surface area contributed by atoms with Gasteiger partial charge in [-0.3, -0.25) is 9.48 Å². The largest absolute Gasteiger partial charge is 0.356 e. The molecule has 0 spiro atoms. The van der Waals surface area contributed by atoms with Crippen LogP contribution >= 0.6 is 0 Å². The molecule has 0 saturated heterocycles. The third-order valence-corrected chi connectivity index (χ3v) is 3.20. The molecule has 1 saturated carbocycles. The van der Waals surface area contributed by atoms with Crippen LogP contribution < -0.4 is 5.32 Å². The predicted molar refractivity (Wildman–Crippen MR) is 61.9 cm³/mol. The molecule has 0 atom stereocenters. The number of rotatable bonds is 4. The molecule has 0 bridgehead atoms. The molecule has 1 aliphatic carbocycles. The Morgan fingerprint density at radius 1 is 1.56 bits per heavy atom. The van der Waals surface area contributed by atoms with Gasteiger partial charge in [-0.05, 0) is 24.8 Å². The maximum atomic E-state index is 11.7. The van der Waals surface area contributed by atoms with Crippen LogP contribution in [0.3, 0.4) is 0 Å². The standard InChI is InChI=1S/C12H19N3O/c1-15-9-10(8-14-15)6-7-13-12(16)11-4-2-3-5-11/h8-9,11H,2-7H2,1H3,(H,13,16). The van der Waals surface area contributed by atoms with E-state index in [1.807, 2.05) is 19.4 Å². The predicted octanol–water partition coefficient (Wildman–Crippen LogP) is 1.27. The fourth-order valence-electron chi connectivity index (χ4n) is 2.26. The lowest BCUT2D eigenvalue weighted by atomic mass is 10.1. The Hall–Kier alpha value is -1.32. The Balaban J connectivity index is 1.69. The van der Waals surface area contributed by atoms with Crippen LogP contribution in [0.25, 0.3) is 0 Å². The fourth-order valence-corrected chi connectivity index (χ4v) is 2.26. The maximum Gasteiger partial charge on any atom is 0.223 e. The molecule has 4 heteroatoms. The fraction of sp³-hybridized carbons (Fsp3) is 0.667. The molecule has 1 heterocycles. The third kappa shape index (κ3) is 2.84. The second-order valence-electron chi connectivity index (χ2n) is 4.54. The quantitative estimate of drug-likeness (QED) is 0.832. The first-order chi connectivity index (χ1) is 7.75. The van der Waals surface area contributed by atoms with Crippen LogP contribution in [0.5, 0.6) is 0 Å². The van der Waals surface area contributed by atoms with Gasteiger partial charge in [0.1, 0.15) is 0 Å². The molecule has 1 aromatic rings. The minimum absolute atomic E-state index is 0.237. The van der Waals surface area contributed by atoms with Crippen molar-refractivity contribution in [2.75, 3.05) is 6.54 Å². The molecule has 1 amide bonds. The van der Waals surface area contributed by atoms with E-state index in [1.165, 1.54) is 18.4 Å². The lowest BCUT2D eigenvalue weighted by molar-refractivity contribution is -0.124. The van der Waals surface area contributed by atoms with Crippen LogP contribution in [0, 0.1) is 5.92 Å². The molecule has 1 aliphatic rings. The summed E-state index contributed by atoms with van der Waals surface area (Å²) in [5, 5.41) is 7.10. The van der Waals surface area contributed by atoms with E-state index in [1.54, 1.807) is 4.68 Å². The van der Waals surface area contributed by atoms with E-state index in [4.69, 9.17) is 0 Å². The Morgan fingerprint density at radius 2 is 2.31 bits per heavy atom. The van der Waals surface area contributed by atoms with E-state index in [-0.39, 0.29) is 11.8 Å². The molecule has 2 rings (SSSR count). The topological polar surface area (TPSA) is 46.9 Å². The Kier molecular flexibility index (Phi) is 3.59. The van der Waals surface area contributed by atoms with Crippen LogP contribution in [0.1, 0.15) is 31.2 Å². The van der Waals surface area contributed by atoms with Crippen molar-refractivity contribution in [2.45, 2.75) is 32.1 Å². The summed E-state index contributed by atoms with van der Waals surface area (Å²) in [7, 11) is 1.90. The number of hydrogen-bond donors (Lipinski definition) is 1. The van der Waals surface area contributed by atoms with Gasteiger partial charge in [0.05, 0.1) is 6.20 Å². The van der Waals surface area contributed by atoms with Crippen molar-refractivity contribution in [1.29, 1.82) is 0 Å². The van der Waals surface area contributed by atoms with E-state index in [2.05, 4.69) is 10.4 Å². The molecule has 4 nitrogen and oxygen atoms in total. The van der Waals surface area contributed by atoms with Crippen LogP contribution in [0.15, 0.2) is 12.4 Å². The van der Waals surface area contributed by atoms with Gasteiger partial charge >= 0.3 is 0 Å². The number of amides is 1. The summed E-state index contributed by atoms with van der Waals surface area (Å²) in [4.78, 5) is 11.7. The summed E-state index contributed by atoms with van der Waals surface area (Å²) < 4.78 is 1.79. The molecule has 1 N–H and O–H groups in total. The highest BCUT2D eigenvalue weighted by Crippen LogP contribution is 2.24. The summed E-state index contributed by atoms with van der Waals surface area (Å²) in [6.45, 7) is 0.723. The first kappa shape index (κ1) is 11.2. The van der Waals surface area contributed by atoms with Crippen molar-refractivity contribution < 1.29 is 4.79 Å². The van der Waals surface area contributed by atoms with Crippen LogP contribution in [0.2, 0.25) is 0 Å². The lowest BCUT2D eigenvalue weighted by Crippen LogP contribution is -2.30. The minimum atomic E-state index is 0.237. The monoisotopic (exact) mass is 221 g/mol. The average molecular weight is 221 g/mol. The minimum Gasteiger partial charge on any atom is -0.356 e. The van der Waals surface area contributed by atoms with Crippen LogP contribution in [-0.2, 0) is 18.3 Å². The summed E-state index contributed by atoms with van der Waals surface area (Å²) in [5.41, 5.74) is 1.18. The highest BCUT2D eigenvalue weighted by Gasteiger charge is 2.21. The third-order valence-electron chi connectivity index (χ3n) is 3.20. The Bertz CT molecular complexity index is 353. The van der Waals surface area contributed by atoms with Gasteiger partial charge in [0.2, 0.25) is 5.91 Å². The van der Waals surface area contributed by atoms with Gasteiger partial charge in [-0.1, -0.05) is 12.8 Å². The highest BCUT2D eigenvalue weighted by atomic mass is 16.1. The second kappa shape index (κ2) is 5.14. The number of carbonyl (C=O) groups excluding carboxylic acids is 1. The van der Waals surface area contributed by atoms with Gasteiger partial charge in [-0.15, -0.1) is 0 Å². The molecule has 1 fully saturated rings. The number of aryl methyl sites for hydroxylation is 1. The molecular weight excluding hydrogens is 202 g/mol. The molecule has 88 valence electrons. The number of aromatic nitrogens is 2. The molecule has 0 aromatic carbocycles. The average Bonchev–Trinajstić information content (AvgIpc) is 2.89. The normalized spacial score (nSPS) is 16.6. The van der Waals surface area contributed by atoms with Crippen molar-refractivity contribution in [2.24, 2.45) is 13.0 Å². The summed E-state index contributed by atoms with van der Waals surface area (Å²) in [6, 6.07) is 0. The van der Waals surface area contributed by atoms with Gasteiger partial charge in [-0.25, -0.2) is 0 Å².